The molecule has 0 bridgehead atoms. The first kappa shape index (κ1) is 14.4. The van der Waals surface area contributed by atoms with Gasteiger partial charge in [-0.05, 0) is 13.6 Å². The Bertz CT molecular complexity index is 372. The van der Waals surface area contributed by atoms with Crippen molar-refractivity contribution in [3.8, 4) is 0 Å². The van der Waals surface area contributed by atoms with Gasteiger partial charge < -0.3 is 16.2 Å². The molecule has 0 radical (unpaired) electrons. The monoisotopic (exact) mass is 243 g/mol. The third-order valence-electron chi connectivity index (χ3n) is 1.40. The van der Waals surface area contributed by atoms with Crippen LogP contribution in [0.25, 0.3) is 0 Å². The van der Waals surface area contributed by atoms with Gasteiger partial charge in [-0.25, -0.2) is 4.79 Å². The molecule has 0 aliphatic rings. The largest absolute Gasteiger partial charge is 0.459 e. The fourth-order valence-corrected chi connectivity index (χ4v) is 0.715. The number of esters is 1. The van der Waals surface area contributed by atoms with Crippen molar-refractivity contribution >= 4 is 24.5 Å². The normalized spacial score (nSPS) is 8.76. The molecule has 17 heavy (non-hydrogen) atoms. The Kier molecular flexibility index (Phi) is 5.79. The fourth-order valence-electron chi connectivity index (χ4n) is 0.715. The molecule has 0 saturated carbocycles. The van der Waals surface area contributed by atoms with Crippen LogP contribution in [0.4, 0.5) is 0 Å². The Morgan fingerprint density at radius 2 is 1.76 bits per heavy atom. The summed E-state index contributed by atoms with van der Waals surface area (Å²) in [5.41, 5.74) is 13.5. The highest BCUT2D eigenvalue weighted by molar-refractivity contribution is 6.32. The van der Waals surface area contributed by atoms with Gasteiger partial charge in [0.15, 0.2) is 5.70 Å². The molecule has 6 N–H and O–H groups in total. The van der Waals surface area contributed by atoms with E-state index in [2.05, 4.69) is 16.4 Å². The molecule has 0 aromatic carbocycles. The van der Waals surface area contributed by atoms with Crippen molar-refractivity contribution in [1.82, 2.24) is 10.9 Å². The van der Waals surface area contributed by atoms with E-state index in [4.69, 9.17) is 11.5 Å². The number of nitrogens with one attached hydrogen (secondary N) is 2. The molecule has 9 heteroatoms. The van der Waals surface area contributed by atoms with Gasteiger partial charge in [-0.3, -0.25) is 25.4 Å². The van der Waals surface area contributed by atoms with E-state index >= 15 is 0 Å². The number of aliphatic imine (C=N–C) groups is 1. The Morgan fingerprint density at radius 1 is 1.24 bits per heavy atom. The van der Waals surface area contributed by atoms with Crippen LogP contribution in [0.2, 0.25) is 0 Å². The second-order valence-corrected chi connectivity index (χ2v) is 2.59. The predicted molar refractivity (Wildman–Crippen MR) is 57.9 cm³/mol. The molecule has 0 atom stereocenters. The molecule has 9 nitrogen and oxygen atoms in total. The van der Waals surface area contributed by atoms with Crippen LogP contribution >= 0.6 is 0 Å². The standard InChI is InChI=1S/C8H13N5O4/c1-3-17-8(16)7(15)13-12-6(14)4(11-2)5(9)10/h2-3,9-10H2,1H3,(H,12,14)(H,13,15). The van der Waals surface area contributed by atoms with E-state index in [1.54, 1.807) is 5.43 Å². The molecule has 0 fully saturated rings. The van der Waals surface area contributed by atoms with E-state index < -0.39 is 17.8 Å². The number of ether oxygens (including phenoxy) is 1. The first-order valence-corrected chi connectivity index (χ1v) is 4.43. The molecule has 0 aliphatic carbocycles. The second-order valence-electron chi connectivity index (χ2n) is 2.59. The number of hydrazine groups is 1. The van der Waals surface area contributed by atoms with Gasteiger partial charge in [-0.2, -0.15) is 0 Å². The van der Waals surface area contributed by atoms with Crippen LogP contribution in [-0.2, 0) is 19.1 Å². The lowest BCUT2D eigenvalue weighted by Gasteiger charge is -2.07. The van der Waals surface area contributed by atoms with Crippen LogP contribution in [0.3, 0.4) is 0 Å². The lowest BCUT2D eigenvalue weighted by atomic mass is 10.4. The Hall–Kier alpha value is -2.58. The summed E-state index contributed by atoms with van der Waals surface area (Å²) >= 11 is 0. The van der Waals surface area contributed by atoms with Crippen LogP contribution < -0.4 is 22.3 Å². The van der Waals surface area contributed by atoms with Crippen molar-refractivity contribution in [2.75, 3.05) is 6.61 Å². The zero-order chi connectivity index (χ0) is 13.4. The molecule has 0 aromatic heterocycles. The summed E-state index contributed by atoms with van der Waals surface area (Å²) in [4.78, 5) is 36.4. The molecular formula is C8H13N5O4. The van der Waals surface area contributed by atoms with Crippen LogP contribution in [0, 0.1) is 0 Å². The third kappa shape index (κ3) is 4.64. The Morgan fingerprint density at radius 3 is 2.18 bits per heavy atom. The van der Waals surface area contributed by atoms with Crippen molar-refractivity contribution in [3.63, 3.8) is 0 Å². The van der Waals surface area contributed by atoms with Crippen LogP contribution in [0.15, 0.2) is 16.5 Å². The number of amides is 2. The summed E-state index contributed by atoms with van der Waals surface area (Å²) in [6.45, 7) is 4.63. The number of nitrogens with zero attached hydrogens (tertiary/aromatic N) is 1. The average Bonchev–Trinajstić information content (AvgIpc) is 2.26. The van der Waals surface area contributed by atoms with Gasteiger partial charge in [0.05, 0.1) is 6.61 Å². The maximum absolute atomic E-state index is 11.3. The minimum atomic E-state index is -1.14. The number of carbonyl (C=O) groups excluding carboxylic acids is 3. The first-order chi connectivity index (χ1) is 7.93. The summed E-state index contributed by atoms with van der Waals surface area (Å²) in [5.74, 6) is -3.55. The topological polar surface area (TPSA) is 149 Å². The third-order valence-corrected chi connectivity index (χ3v) is 1.40. The summed E-state index contributed by atoms with van der Waals surface area (Å²) < 4.78 is 4.37. The van der Waals surface area contributed by atoms with Gasteiger partial charge in [0.25, 0.3) is 5.91 Å². The molecule has 2 amide bonds. The van der Waals surface area contributed by atoms with Gasteiger partial charge in [0.1, 0.15) is 5.82 Å². The first-order valence-electron chi connectivity index (χ1n) is 4.43. The average molecular weight is 243 g/mol. The van der Waals surface area contributed by atoms with Gasteiger partial charge in [-0.1, -0.05) is 0 Å². The molecule has 0 heterocycles. The molecular weight excluding hydrogens is 230 g/mol. The summed E-state index contributed by atoms with van der Waals surface area (Å²) in [6.07, 6.45) is 0. The van der Waals surface area contributed by atoms with Crippen LogP contribution in [0.1, 0.15) is 6.92 Å². The molecule has 0 aliphatic heterocycles. The highest BCUT2D eigenvalue weighted by atomic mass is 16.5. The van der Waals surface area contributed by atoms with Crippen molar-refractivity contribution in [2.24, 2.45) is 16.5 Å². The fraction of sp³-hybridized carbons (Fsp3) is 0.250. The molecule has 0 rings (SSSR count). The van der Waals surface area contributed by atoms with Gasteiger partial charge in [-0.15, -0.1) is 0 Å². The molecule has 94 valence electrons. The molecule has 0 unspecified atom stereocenters. The van der Waals surface area contributed by atoms with Gasteiger partial charge in [0, 0.05) is 0 Å². The van der Waals surface area contributed by atoms with E-state index in [0.29, 0.717) is 0 Å². The Labute approximate surface area is 96.8 Å². The lowest BCUT2D eigenvalue weighted by molar-refractivity contribution is -0.155. The van der Waals surface area contributed by atoms with Crippen molar-refractivity contribution in [2.45, 2.75) is 6.92 Å². The minimum absolute atomic E-state index is 0.0370. The van der Waals surface area contributed by atoms with E-state index in [1.165, 1.54) is 6.92 Å². The van der Waals surface area contributed by atoms with E-state index in [-0.39, 0.29) is 18.1 Å². The molecule has 0 aromatic rings. The number of carbonyl (C=O) groups is 3. The molecule has 0 saturated heterocycles. The van der Waals surface area contributed by atoms with Gasteiger partial charge >= 0.3 is 11.9 Å². The number of nitrogens with two attached hydrogens (primary N) is 2. The Balaban J connectivity index is 4.35. The highest BCUT2D eigenvalue weighted by Gasteiger charge is 2.17. The lowest BCUT2D eigenvalue weighted by Crippen LogP contribution is -2.46. The van der Waals surface area contributed by atoms with E-state index in [0.717, 1.165) is 0 Å². The van der Waals surface area contributed by atoms with Crippen LogP contribution in [-0.4, -0.2) is 31.1 Å². The van der Waals surface area contributed by atoms with Crippen molar-refractivity contribution < 1.29 is 19.1 Å². The number of hydrogen-bond acceptors (Lipinski definition) is 7. The summed E-state index contributed by atoms with van der Waals surface area (Å²) in [7, 11) is 0. The van der Waals surface area contributed by atoms with Crippen molar-refractivity contribution in [3.05, 3.63) is 11.5 Å². The SMILES string of the molecule is C=NC(C(=O)NNC(=O)C(=O)OCC)=C(N)N. The summed E-state index contributed by atoms with van der Waals surface area (Å²) in [5, 5.41) is 0. The highest BCUT2D eigenvalue weighted by Crippen LogP contribution is 1.94. The smallest absolute Gasteiger partial charge is 0.398 e. The second kappa shape index (κ2) is 6.82. The number of hydrogen-bond donors (Lipinski definition) is 4. The maximum Gasteiger partial charge on any atom is 0.398 e. The summed E-state index contributed by atoms with van der Waals surface area (Å²) in [6, 6.07) is 0. The zero-order valence-corrected chi connectivity index (χ0v) is 9.15. The minimum Gasteiger partial charge on any atom is -0.459 e. The zero-order valence-electron chi connectivity index (χ0n) is 9.15. The molecule has 0 spiro atoms. The van der Waals surface area contributed by atoms with Crippen LogP contribution in [0.5, 0.6) is 0 Å². The van der Waals surface area contributed by atoms with Gasteiger partial charge in [0.2, 0.25) is 0 Å². The quantitative estimate of drug-likeness (QED) is 0.141. The maximum atomic E-state index is 11.3. The van der Waals surface area contributed by atoms with Crippen molar-refractivity contribution in [1.29, 1.82) is 0 Å². The predicted octanol–water partition coefficient (Wildman–Crippen LogP) is -2.52. The van der Waals surface area contributed by atoms with E-state index in [9.17, 15) is 14.4 Å². The van der Waals surface area contributed by atoms with E-state index in [1.807, 2.05) is 5.43 Å². The number of rotatable bonds is 3.